The van der Waals surface area contributed by atoms with Crippen molar-refractivity contribution in [2.24, 2.45) is 22.2 Å². The van der Waals surface area contributed by atoms with E-state index in [0.29, 0.717) is 25.8 Å². The van der Waals surface area contributed by atoms with Gasteiger partial charge in [0.05, 0.1) is 12.1 Å². The van der Waals surface area contributed by atoms with Gasteiger partial charge in [0.2, 0.25) is 5.91 Å². The number of carbonyl (C=O) groups excluding carboxylic acids is 2. The van der Waals surface area contributed by atoms with E-state index in [0.717, 1.165) is 12.0 Å². The topological polar surface area (TPSA) is 137 Å². The molecular formula is C11H23N5O2S. The maximum absolute atomic E-state index is 11.7. The van der Waals surface area contributed by atoms with E-state index in [1.54, 1.807) is 11.8 Å². The summed E-state index contributed by atoms with van der Waals surface area (Å²) in [7, 11) is 0. The van der Waals surface area contributed by atoms with E-state index in [1.807, 2.05) is 6.26 Å². The number of hydrogen-bond acceptors (Lipinski definition) is 5. The van der Waals surface area contributed by atoms with Gasteiger partial charge < -0.3 is 27.3 Å². The summed E-state index contributed by atoms with van der Waals surface area (Å²) in [5, 5.41) is 2.62. The van der Waals surface area contributed by atoms with Gasteiger partial charge in [-0.2, -0.15) is 11.8 Å². The average molecular weight is 289 g/mol. The number of thioether (sulfide) groups is 1. The Labute approximate surface area is 117 Å². The van der Waals surface area contributed by atoms with Gasteiger partial charge in [-0.05, 0) is 31.3 Å². The molecule has 110 valence electrons. The standard InChI is InChI=1S/C11H23N5O2S/c1-19-6-4-8(7-17)16-10(18)9(12)3-2-5-15-11(13)14/h7-9H,2-6,12H2,1H3,(H,16,18)(H4,13,14,15)/t8-,9-/m0/s1. The van der Waals surface area contributed by atoms with Crippen molar-refractivity contribution in [3.63, 3.8) is 0 Å². The third-order valence-electron chi connectivity index (χ3n) is 2.43. The Kier molecular flexibility index (Phi) is 9.91. The van der Waals surface area contributed by atoms with Crippen LogP contribution in [0, 0.1) is 0 Å². The molecule has 7 N–H and O–H groups in total. The van der Waals surface area contributed by atoms with Crippen LogP contribution in [0.15, 0.2) is 4.99 Å². The second-order valence-electron chi connectivity index (χ2n) is 4.09. The molecule has 8 heteroatoms. The molecule has 0 unspecified atom stereocenters. The number of nitrogens with two attached hydrogens (primary N) is 3. The number of aldehydes is 1. The van der Waals surface area contributed by atoms with Crippen molar-refractivity contribution in [1.29, 1.82) is 0 Å². The summed E-state index contributed by atoms with van der Waals surface area (Å²) >= 11 is 1.62. The molecule has 0 spiro atoms. The summed E-state index contributed by atoms with van der Waals surface area (Å²) in [6, 6.07) is -1.12. The summed E-state index contributed by atoms with van der Waals surface area (Å²) in [6.45, 7) is 0.437. The Hall–Kier alpha value is -1.28. The predicted molar refractivity (Wildman–Crippen MR) is 78.9 cm³/mol. The lowest BCUT2D eigenvalue weighted by Gasteiger charge is -2.16. The van der Waals surface area contributed by atoms with E-state index < -0.39 is 12.1 Å². The molecule has 2 atom stereocenters. The highest BCUT2D eigenvalue weighted by molar-refractivity contribution is 7.98. The number of hydrogen-bond donors (Lipinski definition) is 4. The molecule has 7 nitrogen and oxygen atoms in total. The first-order chi connectivity index (χ1) is 9.01. The molecule has 0 aromatic carbocycles. The molecule has 0 aliphatic heterocycles. The number of amides is 1. The van der Waals surface area contributed by atoms with E-state index in [-0.39, 0.29) is 11.9 Å². The Morgan fingerprint density at radius 1 is 1.42 bits per heavy atom. The van der Waals surface area contributed by atoms with E-state index >= 15 is 0 Å². The summed E-state index contributed by atoms with van der Waals surface area (Å²) in [4.78, 5) is 26.3. The van der Waals surface area contributed by atoms with Crippen molar-refractivity contribution in [3.8, 4) is 0 Å². The second-order valence-corrected chi connectivity index (χ2v) is 5.07. The fourth-order valence-corrected chi connectivity index (χ4v) is 1.85. The number of nitrogens with one attached hydrogen (secondary N) is 1. The van der Waals surface area contributed by atoms with Crippen LogP contribution in [-0.2, 0) is 9.59 Å². The highest BCUT2D eigenvalue weighted by Gasteiger charge is 2.17. The van der Waals surface area contributed by atoms with Crippen LogP contribution in [0.2, 0.25) is 0 Å². The third kappa shape index (κ3) is 9.32. The molecule has 1 amide bonds. The molecule has 0 rings (SSSR count). The quantitative estimate of drug-likeness (QED) is 0.173. The van der Waals surface area contributed by atoms with Gasteiger partial charge in [0, 0.05) is 6.54 Å². The van der Waals surface area contributed by atoms with Crippen LogP contribution in [0.3, 0.4) is 0 Å². The van der Waals surface area contributed by atoms with Crippen molar-refractivity contribution in [2.75, 3.05) is 18.6 Å². The number of guanidine groups is 1. The number of nitrogens with zero attached hydrogens (tertiary/aromatic N) is 1. The summed E-state index contributed by atoms with van der Waals surface area (Å²) in [5.41, 5.74) is 16.1. The van der Waals surface area contributed by atoms with Gasteiger partial charge in [-0.1, -0.05) is 0 Å². The molecule has 0 fully saturated rings. The minimum atomic E-state index is -0.647. The molecular weight excluding hydrogens is 266 g/mol. The fraction of sp³-hybridized carbons (Fsp3) is 0.727. The zero-order valence-electron chi connectivity index (χ0n) is 11.2. The van der Waals surface area contributed by atoms with Gasteiger partial charge in [-0.3, -0.25) is 9.79 Å². The Morgan fingerprint density at radius 3 is 2.63 bits per heavy atom. The molecule has 0 aromatic heterocycles. The number of carbonyl (C=O) groups is 2. The van der Waals surface area contributed by atoms with E-state index in [9.17, 15) is 9.59 Å². The van der Waals surface area contributed by atoms with Crippen LogP contribution in [0.5, 0.6) is 0 Å². The average Bonchev–Trinajstić information content (AvgIpc) is 2.38. The summed E-state index contributed by atoms with van der Waals surface area (Å²) < 4.78 is 0. The largest absolute Gasteiger partial charge is 0.370 e. The minimum absolute atomic E-state index is 0.0242. The molecule has 19 heavy (non-hydrogen) atoms. The second kappa shape index (κ2) is 10.6. The zero-order valence-corrected chi connectivity index (χ0v) is 12.0. The van der Waals surface area contributed by atoms with Gasteiger partial charge in [0.1, 0.15) is 6.29 Å². The van der Waals surface area contributed by atoms with Crippen molar-refractivity contribution in [1.82, 2.24) is 5.32 Å². The van der Waals surface area contributed by atoms with E-state index in [4.69, 9.17) is 17.2 Å². The first kappa shape index (κ1) is 17.7. The first-order valence-electron chi connectivity index (χ1n) is 6.06. The lowest BCUT2D eigenvalue weighted by Crippen LogP contribution is -2.46. The van der Waals surface area contributed by atoms with Crippen molar-refractivity contribution >= 4 is 29.9 Å². The molecule has 0 aliphatic carbocycles. The van der Waals surface area contributed by atoms with E-state index in [2.05, 4.69) is 10.3 Å². The van der Waals surface area contributed by atoms with Gasteiger partial charge in [0.15, 0.2) is 5.96 Å². The van der Waals surface area contributed by atoms with Gasteiger partial charge in [0.25, 0.3) is 0 Å². The Bertz CT molecular complexity index is 307. The van der Waals surface area contributed by atoms with Crippen molar-refractivity contribution in [3.05, 3.63) is 0 Å². The normalized spacial score (nSPS) is 13.4. The smallest absolute Gasteiger partial charge is 0.237 e. The van der Waals surface area contributed by atoms with Crippen LogP contribution in [0.1, 0.15) is 19.3 Å². The van der Waals surface area contributed by atoms with Crippen LogP contribution in [-0.4, -0.2) is 48.8 Å². The molecule has 0 bridgehead atoms. The molecule has 0 heterocycles. The molecule has 0 saturated heterocycles. The number of aliphatic imine (C=N–C) groups is 1. The Morgan fingerprint density at radius 2 is 2.11 bits per heavy atom. The fourth-order valence-electron chi connectivity index (χ4n) is 1.36. The van der Waals surface area contributed by atoms with Crippen molar-refractivity contribution < 1.29 is 9.59 Å². The first-order valence-corrected chi connectivity index (χ1v) is 7.46. The van der Waals surface area contributed by atoms with E-state index in [1.165, 1.54) is 0 Å². The third-order valence-corrected chi connectivity index (χ3v) is 3.07. The van der Waals surface area contributed by atoms with Gasteiger partial charge in [-0.15, -0.1) is 0 Å². The number of rotatable bonds is 10. The maximum atomic E-state index is 11.7. The van der Waals surface area contributed by atoms with Gasteiger partial charge in [-0.25, -0.2) is 0 Å². The summed E-state index contributed by atoms with van der Waals surface area (Å²) in [5.74, 6) is 0.516. The van der Waals surface area contributed by atoms with Crippen LogP contribution >= 0.6 is 11.8 Å². The molecule has 0 saturated carbocycles. The lowest BCUT2D eigenvalue weighted by atomic mass is 10.1. The molecule has 0 aromatic rings. The highest BCUT2D eigenvalue weighted by Crippen LogP contribution is 2.01. The van der Waals surface area contributed by atoms with Crippen LogP contribution < -0.4 is 22.5 Å². The van der Waals surface area contributed by atoms with Crippen molar-refractivity contribution in [2.45, 2.75) is 31.3 Å². The zero-order chi connectivity index (χ0) is 14.7. The molecule has 0 aliphatic rings. The summed E-state index contributed by atoms with van der Waals surface area (Å²) in [6.07, 6.45) is 4.37. The maximum Gasteiger partial charge on any atom is 0.237 e. The minimum Gasteiger partial charge on any atom is -0.370 e. The molecule has 0 radical (unpaired) electrons. The monoisotopic (exact) mass is 289 g/mol. The van der Waals surface area contributed by atoms with Gasteiger partial charge >= 0.3 is 0 Å². The Balaban J connectivity index is 3.97. The van der Waals surface area contributed by atoms with Crippen LogP contribution in [0.25, 0.3) is 0 Å². The van der Waals surface area contributed by atoms with Crippen LogP contribution in [0.4, 0.5) is 0 Å². The SMILES string of the molecule is CSCC[C@@H](C=O)NC(=O)[C@@H](N)CCCN=C(N)N. The lowest BCUT2D eigenvalue weighted by molar-refractivity contribution is -0.125. The highest BCUT2D eigenvalue weighted by atomic mass is 32.2. The predicted octanol–water partition coefficient (Wildman–Crippen LogP) is -1.20.